The van der Waals surface area contributed by atoms with Gasteiger partial charge in [-0.1, -0.05) is 38.1 Å². The molecule has 0 radical (unpaired) electrons. The first-order chi connectivity index (χ1) is 23.3. The number of ether oxygens (including phenoxy) is 1. The van der Waals surface area contributed by atoms with E-state index in [1.807, 2.05) is 13.1 Å². The lowest BCUT2D eigenvalue weighted by Gasteiger charge is -2.35. The molecule has 268 valence electrons. The van der Waals surface area contributed by atoms with Crippen molar-refractivity contribution >= 4 is 5.97 Å². The molecule has 1 N–H and O–H groups in total. The number of nitrogens with zero attached hydrogens (tertiary/aromatic N) is 4. The molecule has 2 heterocycles. The van der Waals surface area contributed by atoms with Gasteiger partial charge in [0.25, 0.3) is 0 Å². The molecular formula is C38H50F4N4O3. The summed E-state index contributed by atoms with van der Waals surface area (Å²) in [4.78, 5) is 16.8. The predicted molar refractivity (Wildman–Crippen MR) is 181 cm³/mol. The van der Waals surface area contributed by atoms with Gasteiger partial charge in [-0.05, 0) is 118 Å². The summed E-state index contributed by atoms with van der Waals surface area (Å²) in [6.45, 7) is 8.39. The van der Waals surface area contributed by atoms with Crippen LogP contribution in [-0.4, -0.2) is 82.2 Å². The number of carboxylic acid groups (broad SMARTS) is 1. The Balaban J connectivity index is 1.22. The molecule has 0 amide bonds. The smallest absolute Gasteiger partial charge is 0.422 e. The van der Waals surface area contributed by atoms with Crippen LogP contribution in [0, 0.1) is 17.7 Å². The summed E-state index contributed by atoms with van der Waals surface area (Å²) in [7, 11) is 1.94. The van der Waals surface area contributed by atoms with Crippen LogP contribution in [-0.2, 0) is 17.8 Å². The number of alkyl halides is 3. The molecule has 0 bridgehead atoms. The van der Waals surface area contributed by atoms with Crippen molar-refractivity contribution in [2.75, 3.05) is 33.3 Å². The monoisotopic (exact) mass is 686 g/mol. The molecule has 11 heteroatoms. The number of likely N-dealkylation sites (tertiary alicyclic amines) is 1. The lowest BCUT2D eigenvalue weighted by Crippen LogP contribution is -2.45. The second kappa shape index (κ2) is 16.1. The molecule has 2 aromatic carbocycles. The van der Waals surface area contributed by atoms with Crippen LogP contribution in [0.25, 0.3) is 0 Å². The van der Waals surface area contributed by atoms with E-state index in [1.54, 1.807) is 36.4 Å². The summed E-state index contributed by atoms with van der Waals surface area (Å²) < 4.78 is 58.7. The lowest BCUT2D eigenvalue weighted by molar-refractivity contribution is -0.153. The molecular weight excluding hydrogens is 636 g/mol. The fourth-order valence-electron chi connectivity index (χ4n) is 7.89. The Labute approximate surface area is 287 Å². The Kier molecular flexibility index (Phi) is 12.1. The number of aromatic nitrogens is 2. The zero-order valence-corrected chi connectivity index (χ0v) is 29.0. The van der Waals surface area contributed by atoms with E-state index in [0.717, 1.165) is 68.7 Å². The van der Waals surface area contributed by atoms with Crippen molar-refractivity contribution in [3.8, 4) is 5.75 Å². The van der Waals surface area contributed by atoms with Crippen molar-refractivity contribution in [2.45, 2.75) is 95.9 Å². The Hall–Kier alpha value is -3.44. The molecule has 2 aliphatic rings. The maximum Gasteiger partial charge on any atom is 0.422 e. The van der Waals surface area contributed by atoms with Crippen LogP contribution in [0.1, 0.15) is 87.2 Å². The van der Waals surface area contributed by atoms with Gasteiger partial charge in [0.15, 0.2) is 6.61 Å². The lowest BCUT2D eigenvalue weighted by atomic mass is 9.87. The van der Waals surface area contributed by atoms with E-state index in [2.05, 4.69) is 41.3 Å². The summed E-state index contributed by atoms with van der Waals surface area (Å²) in [6.07, 6.45) is 0.468. The number of hydrogen-bond acceptors (Lipinski definition) is 5. The summed E-state index contributed by atoms with van der Waals surface area (Å²) in [5.74, 6) is 0.236. The molecule has 5 rings (SSSR count). The van der Waals surface area contributed by atoms with Crippen LogP contribution < -0.4 is 4.74 Å². The Morgan fingerprint density at radius 1 is 1.08 bits per heavy atom. The molecule has 0 spiro atoms. The summed E-state index contributed by atoms with van der Waals surface area (Å²) in [5.41, 5.74) is 4.09. The molecule has 3 unspecified atom stereocenters. The number of carbonyl (C=O) groups is 1. The Morgan fingerprint density at radius 2 is 1.80 bits per heavy atom. The van der Waals surface area contributed by atoms with E-state index in [1.165, 1.54) is 11.8 Å². The molecule has 3 aromatic rings. The highest BCUT2D eigenvalue weighted by molar-refractivity contribution is 5.73. The maximum atomic E-state index is 14.4. The number of hydrogen-bond donors (Lipinski definition) is 1. The van der Waals surface area contributed by atoms with Crippen molar-refractivity contribution in [1.82, 2.24) is 19.6 Å². The number of benzene rings is 2. The van der Waals surface area contributed by atoms with Crippen molar-refractivity contribution in [3.63, 3.8) is 0 Å². The third-order valence-electron chi connectivity index (χ3n) is 10.4. The van der Waals surface area contributed by atoms with E-state index in [9.17, 15) is 27.5 Å². The van der Waals surface area contributed by atoms with Gasteiger partial charge in [0.1, 0.15) is 17.6 Å². The zero-order valence-electron chi connectivity index (χ0n) is 29.0. The molecule has 1 saturated heterocycles. The molecule has 1 aliphatic heterocycles. The fourth-order valence-corrected chi connectivity index (χ4v) is 7.89. The van der Waals surface area contributed by atoms with Crippen LogP contribution in [0.3, 0.4) is 0 Å². The van der Waals surface area contributed by atoms with Crippen LogP contribution in [0.5, 0.6) is 5.75 Å². The number of rotatable bonds is 14. The first-order valence-electron chi connectivity index (χ1n) is 17.6. The van der Waals surface area contributed by atoms with E-state index in [-0.39, 0.29) is 35.4 Å². The summed E-state index contributed by atoms with van der Waals surface area (Å²) >= 11 is 0. The predicted octanol–water partition coefficient (Wildman–Crippen LogP) is 7.75. The molecule has 7 nitrogen and oxygen atoms in total. The number of halogens is 4. The number of piperidine rings is 1. The van der Waals surface area contributed by atoms with E-state index >= 15 is 0 Å². The minimum Gasteiger partial charge on any atom is -0.484 e. The van der Waals surface area contributed by atoms with Crippen LogP contribution in [0.4, 0.5) is 17.6 Å². The van der Waals surface area contributed by atoms with Gasteiger partial charge in [0.2, 0.25) is 0 Å². The first-order valence-corrected chi connectivity index (χ1v) is 17.6. The fraction of sp³-hybridized carbons (Fsp3) is 0.579. The highest BCUT2D eigenvalue weighted by atomic mass is 19.4. The van der Waals surface area contributed by atoms with Gasteiger partial charge < -0.3 is 14.7 Å². The standard InChI is InChI=1S/C38H50F4N4O3/c1-5-46-35(21-31(43-46)18-26-9-11-33(12-10-26)49-24-38(40,41)42)27-13-15-45(16-14-27)23-29-20-32(44(4)36(37(47)48)17-25(2)3)22-34(29)28-7-6-8-30(39)19-28/h6-12,19,21,25,27,29,32,34,36H,5,13-18,20,22-24H2,1-4H3,(H,47,48)/t29?,32?,34?,36-/m1/s1. The molecule has 1 saturated carbocycles. The van der Waals surface area contributed by atoms with Gasteiger partial charge in [0.05, 0.1) is 5.69 Å². The number of aliphatic carboxylic acids is 1. The van der Waals surface area contributed by atoms with Gasteiger partial charge in [-0.15, -0.1) is 0 Å². The van der Waals surface area contributed by atoms with Gasteiger partial charge >= 0.3 is 12.1 Å². The van der Waals surface area contributed by atoms with Crippen molar-refractivity contribution < 1.29 is 32.2 Å². The highest BCUT2D eigenvalue weighted by Crippen LogP contribution is 2.43. The molecule has 2 fully saturated rings. The van der Waals surface area contributed by atoms with Crippen LogP contribution in [0.2, 0.25) is 0 Å². The molecule has 1 aliphatic carbocycles. The van der Waals surface area contributed by atoms with E-state index in [4.69, 9.17) is 9.84 Å². The topological polar surface area (TPSA) is 70.8 Å². The first kappa shape index (κ1) is 36.8. The van der Waals surface area contributed by atoms with Gasteiger partial charge in [-0.3, -0.25) is 14.4 Å². The third-order valence-corrected chi connectivity index (χ3v) is 10.4. The largest absolute Gasteiger partial charge is 0.484 e. The average Bonchev–Trinajstić information content (AvgIpc) is 3.67. The van der Waals surface area contributed by atoms with Gasteiger partial charge in [-0.25, -0.2) is 4.39 Å². The minimum absolute atomic E-state index is 0.108. The maximum absolute atomic E-state index is 14.4. The average molecular weight is 687 g/mol. The zero-order chi connectivity index (χ0) is 35.3. The SMILES string of the molecule is CCn1nc(Cc2ccc(OCC(F)(F)F)cc2)cc1C1CCN(CC2CC(N(C)[C@H](CC(C)C)C(=O)O)CC2c2cccc(F)c2)CC1. The third kappa shape index (κ3) is 9.84. The van der Waals surface area contributed by atoms with E-state index < -0.39 is 24.8 Å². The summed E-state index contributed by atoms with van der Waals surface area (Å²) in [5, 5.41) is 14.9. The number of carboxylic acids is 1. The molecule has 4 atom stereocenters. The highest BCUT2D eigenvalue weighted by Gasteiger charge is 2.41. The van der Waals surface area contributed by atoms with Gasteiger partial charge in [0, 0.05) is 37.2 Å². The second-order valence-electron chi connectivity index (χ2n) is 14.4. The summed E-state index contributed by atoms with van der Waals surface area (Å²) in [6, 6.07) is 15.3. The molecule has 49 heavy (non-hydrogen) atoms. The quantitative estimate of drug-likeness (QED) is 0.175. The second-order valence-corrected chi connectivity index (χ2v) is 14.4. The Morgan fingerprint density at radius 3 is 2.41 bits per heavy atom. The van der Waals surface area contributed by atoms with E-state index in [0.29, 0.717) is 18.8 Å². The van der Waals surface area contributed by atoms with Crippen molar-refractivity contribution in [2.24, 2.45) is 11.8 Å². The van der Waals surface area contributed by atoms with Crippen LogP contribution in [0.15, 0.2) is 54.6 Å². The molecule has 1 aromatic heterocycles. The van der Waals surface area contributed by atoms with Gasteiger partial charge in [-0.2, -0.15) is 18.3 Å². The van der Waals surface area contributed by atoms with Crippen molar-refractivity contribution in [1.29, 1.82) is 0 Å². The minimum atomic E-state index is -4.37. The normalized spacial score (nSPS) is 21.5. The number of aryl methyl sites for hydroxylation is 1. The number of likely N-dealkylation sites (N-methyl/N-ethyl adjacent to an activating group) is 1. The van der Waals surface area contributed by atoms with Crippen molar-refractivity contribution in [3.05, 3.63) is 82.9 Å². The Bertz CT molecular complexity index is 1520. The van der Waals surface area contributed by atoms with Crippen LogP contribution >= 0.6 is 0 Å².